The van der Waals surface area contributed by atoms with E-state index in [1.165, 1.54) is 0 Å². The van der Waals surface area contributed by atoms with Crippen molar-refractivity contribution in [2.75, 3.05) is 29.6 Å². The Morgan fingerprint density at radius 1 is 0.964 bits per heavy atom. The summed E-state index contributed by atoms with van der Waals surface area (Å²) in [6.45, 7) is 4.21. The molecule has 3 rings (SSSR count). The second-order valence-electron chi connectivity index (χ2n) is 7.19. The lowest BCUT2D eigenvalue weighted by Crippen LogP contribution is -2.15. The Morgan fingerprint density at radius 3 is 2.36 bits per heavy atom. The van der Waals surface area contributed by atoms with Gasteiger partial charge in [-0.05, 0) is 53.9 Å². The number of pyridine rings is 1. The van der Waals surface area contributed by atoms with Crippen molar-refractivity contribution in [3.8, 4) is 0 Å². The molecule has 0 aliphatic carbocycles. The van der Waals surface area contributed by atoms with E-state index in [1.807, 2.05) is 73.6 Å². The zero-order chi connectivity index (χ0) is 20.1. The molecule has 0 spiro atoms. The van der Waals surface area contributed by atoms with Gasteiger partial charge in [0.2, 0.25) is 0 Å². The van der Waals surface area contributed by atoms with Gasteiger partial charge in [0.1, 0.15) is 5.69 Å². The largest absolute Gasteiger partial charge is 0.378 e. The fourth-order valence-electron chi connectivity index (χ4n) is 2.94. The van der Waals surface area contributed by atoms with Crippen LogP contribution in [0.15, 0.2) is 66.9 Å². The van der Waals surface area contributed by atoms with Crippen molar-refractivity contribution in [2.24, 2.45) is 0 Å². The molecule has 0 saturated carbocycles. The third-order valence-corrected chi connectivity index (χ3v) is 4.50. The minimum atomic E-state index is -0.222. The maximum Gasteiger partial charge on any atom is 0.274 e. The molecule has 5 nitrogen and oxygen atoms in total. The molecule has 1 aromatic heterocycles. The number of nitrogens with zero attached hydrogens (tertiary/aromatic N) is 2. The summed E-state index contributed by atoms with van der Waals surface area (Å²) in [5.41, 5.74) is 5.19. The van der Waals surface area contributed by atoms with Crippen LogP contribution in [0.2, 0.25) is 0 Å². The van der Waals surface area contributed by atoms with E-state index in [0.29, 0.717) is 11.6 Å². The zero-order valence-corrected chi connectivity index (χ0v) is 16.7. The predicted octanol–water partition coefficient (Wildman–Crippen LogP) is 5.27. The molecule has 0 fully saturated rings. The predicted molar refractivity (Wildman–Crippen MR) is 117 cm³/mol. The number of nitrogens with one attached hydrogen (secondary N) is 2. The van der Waals surface area contributed by atoms with Crippen LogP contribution in [-0.2, 0) is 0 Å². The van der Waals surface area contributed by atoms with Crippen molar-refractivity contribution in [2.45, 2.75) is 19.8 Å². The molecule has 1 heterocycles. The van der Waals surface area contributed by atoms with Gasteiger partial charge in [0.25, 0.3) is 5.91 Å². The monoisotopic (exact) mass is 374 g/mol. The highest BCUT2D eigenvalue weighted by molar-refractivity contribution is 6.03. The first-order valence-corrected chi connectivity index (χ1v) is 9.35. The Balaban J connectivity index is 1.75. The molecule has 2 aromatic carbocycles. The van der Waals surface area contributed by atoms with Gasteiger partial charge in [0, 0.05) is 43.0 Å². The molecular weight excluding hydrogens is 348 g/mol. The highest BCUT2D eigenvalue weighted by atomic mass is 16.1. The molecule has 5 heteroatoms. The number of hydrogen-bond donors (Lipinski definition) is 2. The maximum absolute atomic E-state index is 12.7. The SMILES string of the molecule is CC(C)c1ccccc1NC(=O)c1cc(Nc2ccc(N(C)C)cc2)ccn1. The van der Waals surface area contributed by atoms with E-state index in [9.17, 15) is 4.79 Å². The Kier molecular flexibility index (Phi) is 5.94. The Morgan fingerprint density at radius 2 is 1.68 bits per heavy atom. The van der Waals surface area contributed by atoms with Gasteiger partial charge in [-0.25, -0.2) is 0 Å². The van der Waals surface area contributed by atoms with E-state index in [0.717, 1.165) is 28.3 Å². The van der Waals surface area contributed by atoms with Gasteiger partial charge < -0.3 is 15.5 Å². The number of carbonyl (C=O) groups is 1. The smallest absolute Gasteiger partial charge is 0.274 e. The standard InChI is InChI=1S/C23H26N4O/c1-16(2)20-7-5-6-8-21(20)26-23(28)22-15-18(13-14-24-22)25-17-9-11-19(12-10-17)27(3)4/h5-16H,1-4H3,(H,24,25)(H,26,28). The molecule has 0 unspecified atom stereocenters. The Hall–Kier alpha value is -3.34. The molecule has 1 amide bonds. The average Bonchev–Trinajstić information content (AvgIpc) is 2.69. The van der Waals surface area contributed by atoms with Gasteiger partial charge >= 0.3 is 0 Å². The van der Waals surface area contributed by atoms with E-state index < -0.39 is 0 Å². The average molecular weight is 374 g/mol. The van der Waals surface area contributed by atoms with Crippen LogP contribution in [0.3, 0.4) is 0 Å². The van der Waals surface area contributed by atoms with Crippen LogP contribution < -0.4 is 15.5 Å². The summed E-state index contributed by atoms with van der Waals surface area (Å²) in [5, 5.41) is 6.30. The number of amides is 1. The normalized spacial score (nSPS) is 10.6. The van der Waals surface area contributed by atoms with Crippen molar-refractivity contribution >= 4 is 28.7 Å². The van der Waals surface area contributed by atoms with Crippen molar-refractivity contribution < 1.29 is 4.79 Å². The van der Waals surface area contributed by atoms with Crippen LogP contribution in [-0.4, -0.2) is 25.0 Å². The number of hydrogen-bond acceptors (Lipinski definition) is 4. The maximum atomic E-state index is 12.7. The van der Waals surface area contributed by atoms with Gasteiger partial charge in [0.15, 0.2) is 0 Å². The van der Waals surface area contributed by atoms with Crippen LogP contribution in [0.4, 0.5) is 22.7 Å². The number of anilines is 4. The minimum Gasteiger partial charge on any atom is -0.378 e. The van der Waals surface area contributed by atoms with Crippen molar-refractivity contribution in [1.29, 1.82) is 0 Å². The number of para-hydroxylation sites is 1. The topological polar surface area (TPSA) is 57.3 Å². The minimum absolute atomic E-state index is 0.222. The summed E-state index contributed by atoms with van der Waals surface area (Å²) >= 11 is 0. The summed E-state index contributed by atoms with van der Waals surface area (Å²) in [4.78, 5) is 19.0. The quantitative estimate of drug-likeness (QED) is 0.617. The van der Waals surface area contributed by atoms with Gasteiger partial charge in [-0.2, -0.15) is 0 Å². The van der Waals surface area contributed by atoms with E-state index in [2.05, 4.69) is 29.5 Å². The van der Waals surface area contributed by atoms with E-state index in [1.54, 1.807) is 12.3 Å². The van der Waals surface area contributed by atoms with Gasteiger partial charge in [-0.3, -0.25) is 9.78 Å². The third-order valence-electron chi connectivity index (χ3n) is 4.50. The number of carbonyl (C=O) groups excluding carboxylic acids is 1. The highest BCUT2D eigenvalue weighted by Crippen LogP contribution is 2.25. The zero-order valence-electron chi connectivity index (χ0n) is 16.7. The third kappa shape index (κ3) is 4.68. The van der Waals surface area contributed by atoms with Crippen molar-refractivity contribution in [3.63, 3.8) is 0 Å². The second-order valence-corrected chi connectivity index (χ2v) is 7.19. The molecule has 0 radical (unpaired) electrons. The first-order chi connectivity index (χ1) is 13.4. The van der Waals surface area contributed by atoms with Gasteiger partial charge in [0.05, 0.1) is 0 Å². The Labute approximate surface area is 166 Å². The van der Waals surface area contributed by atoms with Gasteiger partial charge in [-0.15, -0.1) is 0 Å². The van der Waals surface area contributed by atoms with Crippen LogP contribution >= 0.6 is 0 Å². The molecule has 0 atom stereocenters. The highest BCUT2D eigenvalue weighted by Gasteiger charge is 2.12. The molecule has 0 aliphatic heterocycles. The fraction of sp³-hybridized carbons (Fsp3) is 0.217. The summed E-state index contributed by atoms with van der Waals surface area (Å²) < 4.78 is 0. The molecule has 3 aromatic rings. The molecule has 28 heavy (non-hydrogen) atoms. The second kappa shape index (κ2) is 8.57. The van der Waals surface area contributed by atoms with Crippen LogP contribution in [0.1, 0.15) is 35.8 Å². The van der Waals surface area contributed by atoms with E-state index in [4.69, 9.17) is 0 Å². The number of rotatable bonds is 6. The van der Waals surface area contributed by atoms with Crippen molar-refractivity contribution in [1.82, 2.24) is 4.98 Å². The van der Waals surface area contributed by atoms with Crippen LogP contribution in [0.5, 0.6) is 0 Å². The Bertz CT molecular complexity index is 949. The fourth-order valence-corrected chi connectivity index (χ4v) is 2.94. The summed E-state index contributed by atoms with van der Waals surface area (Å²) in [5.74, 6) is 0.0994. The lowest BCUT2D eigenvalue weighted by atomic mass is 10.0. The lowest BCUT2D eigenvalue weighted by Gasteiger charge is -2.14. The first-order valence-electron chi connectivity index (χ1n) is 9.35. The summed E-state index contributed by atoms with van der Waals surface area (Å²) in [6, 6.07) is 19.6. The van der Waals surface area contributed by atoms with E-state index in [-0.39, 0.29) is 5.91 Å². The number of aromatic nitrogens is 1. The van der Waals surface area contributed by atoms with E-state index >= 15 is 0 Å². The lowest BCUT2D eigenvalue weighted by molar-refractivity contribution is 0.102. The molecule has 0 aliphatic rings. The van der Waals surface area contributed by atoms with Crippen molar-refractivity contribution in [3.05, 3.63) is 78.1 Å². The van der Waals surface area contributed by atoms with Crippen LogP contribution in [0.25, 0.3) is 0 Å². The molecule has 144 valence electrons. The summed E-state index contributed by atoms with van der Waals surface area (Å²) in [7, 11) is 4.02. The van der Waals surface area contributed by atoms with Gasteiger partial charge in [-0.1, -0.05) is 32.0 Å². The molecule has 0 bridgehead atoms. The van der Waals surface area contributed by atoms with Crippen LogP contribution in [0, 0.1) is 0 Å². The molecule has 0 saturated heterocycles. The molecule has 2 N–H and O–H groups in total. The molecular formula is C23H26N4O. The first kappa shape index (κ1) is 19.4. The summed E-state index contributed by atoms with van der Waals surface area (Å²) in [6.07, 6.45) is 1.64. The number of benzene rings is 2.